The molecule has 1 heteroatoms. The number of hydrogen-bond donors (Lipinski definition) is 0. The second-order valence-electron chi connectivity index (χ2n) is 10.8. The van der Waals surface area contributed by atoms with Crippen LogP contribution in [0.15, 0.2) is 24.5 Å². The molecule has 1 heterocycles. The molecule has 4 aliphatic rings. The summed E-state index contributed by atoms with van der Waals surface area (Å²) in [6, 6.07) is 4.37. The lowest BCUT2D eigenvalue weighted by atomic mass is 9.53. The van der Waals surface area contributed by atoms with Gasteiger partial charge in [-0.15, -0.1) is 0 Å². The lowest BCUT2D eigenvalue weighted by Crippen LogP contribution is -2.44. The van der Waals surface area contributed by atoms with Gasteiger partial charge in [0.1, 0.15) is 0 Å². The molecular weight excluding hydrogens is 338 g/mol. The average molecular weight is 380 g/mol. The first-order valence-corrected chi connectivity index (χ1v) is 12.7. The van der Waals surface area contributed by atoms with E-state index in [0.717, 1.165) is 47.3 Å². The van der Waals surface area contributed by atoms with Gasteiger partial charge in [0.15, 0.2) is 0 Å². The minimum Gasteiger partial charge on any atom is -0.264 e. The molecule has 8 atom stereocenters. The topological polar surface area (TPSA) is 12.9 Å². The van der Waals surface area contributed by atoms with Gasteiger partial charge in [-0.3, -0.25) is 4.98 Å². The molecule has 0 spiro atoms. The van der Waals surface area contributed by atoms with Crippen molar-refractivity contribution >= 4 is 0 Å². The van der Waals surface area contributed by atoms with Crippen LogP contribution in [0.5, 0.6) is 0 Å². The van der Waals surface area contributed by atoms with Crippen molar-refractivity contribution in [3.63, 3.8) is 0 Å². The predicted octanol–water partition coefficient (Wildman–Crippen LogP) is 7.31. The maximum atomic E-state index is 4.33. The third kappa shape index (κ3) is 3.56. The Morgan fingerprint density at radius 3 is 2.46 bits per heavy atom. The minimum atomic E-state index is 0.942. The molecule has 0 amide bonds. The monoisotopic (exact) mass is 379 g/mol. The Bertz CT molecular complexity index is 624. The van der Waals surface area contributed by atoms with Crippen LogP contribution in [0.2, 0.25) is 0 Å². The maximum absolute atomic E-state index is 4.33. The summed E-state index contributed by atoms with van der Waals surface area (Å²) in [6.45, 7) is 2.46. The molecule has 0 radical (unpaired) electrons. The van der Waals surface area contributed by atoms with Crippen molar-refractivity contribution in [1.29, 1.82) is 0 Å². The highest BCUT2D eigenvalue weighted by Gasteiger charge is 2.51. The lowest BCUT2D eigenvalue weighted by molar-refractivity contribution is -0.0288. The molecule has 0 aromatic carbocycles. The zero-order valence-electron chi connectivity index (χ0n) is 18.1. The second kappa shape index (κ2) is 8.49. The summed E-state index contributed by atoms with van der Waals surface area (Å²) in [4.78, 5) is 4.33. The first-order chi connectivity index (χ1) is 13.8. The molecule has 1 aromatic heterocycles. The first-order valence-electron chi connectivity index (χ1n) is 12.7. The van der Waals surface area contributed by atoms with E-state index in [0.29, 0.717) is 0 Å². The molecule has 0 N–H and O–H groups in total. The fourth-order valence-corrected chi connectivity index (χ4v) is 8.74. The van der Waals surface area contributed by atoms with Crippen LogP contribution in [0.1, 0.15) is 89.5 Å². The standard InChI is InChI=1S/C27H41N/c1-2-20(10-9-19-6-5-17-28-18-19)23-13-14-27-25(23)16-15-24-22-8-4-3-7-21(22)11-12-26(24)27/h5-6,17-18,20-27H,2-4,7-16H2,1H3. The second-order valence-corrected chi connectivity index (χ2v) is 10.8. The van der Waals surface area contributed by atoms with Crippen molar-refractivity contribution in [2.24, 2.45) is 47.3 Å². The average Bonchev–Trinajstić information content (AvgIpc) is 3.19. The van der Waals surface area contributed by atoms with Crippen molar-refractivity contribution in [3.05, 3.63) is 30.1 Å². The van der Waals surface area contributed by atoms with Gasteiger partial charge < -0.3 is 0 Å². The molecule has 8 unspecified atom stereocenters. The Hall–Kier alpha value is -0.850. The summed E-state index contributed by atoms with van der Waals surface area (Å²) >= 11 is 0. The highest BCUT2D eigenvalue weighted by atomic mass is 14.6. The van der Waals surface area contributed by atoms with Crippen molar-refractivity contribution in [1.82, 2.24) is 4.98 Å². The summed E-state index contributed by atoms with van der Waals surface area (Å²) in [5.74, 6) is 8.61. The minimum absolute atomic E-state index is 0.942. The van der Waals surface area contributed by atoms with Crippen LogP contribution in [-0.2, 0) is 6.42 Å². The SMILES string of the molecule is CCC(CCc1cccnc1)C1CCC2C1CCC1C3CCCCC3CCC12. The summed E-state index contributed by atoms with van der Waals surface area (Å²) in [6.07, 6.45) is 23.6. The van der Waals surface area contributed by atoms with Crippen molar-refractivity contribution in [2.75, 3.05) is 0 Å². The predicted molar refractivity (Wildman–Crippen MR) is 117 cm³/mol. The van der Waals surface area contributed by atoms with Gasteiger partial charge >= 0.3 is 0 Å². The van der Waals surface area contributed by atoms with E-state index in [9.17, 15) is 0 Å². The molecule has 4 saturated carbocycles. The molecule has 0 aliphatic heterocycles. The van der Waals surface area contributed by atoms with E-state index in [4.69, 9.17) is 0 Å². The van der Waals surface area contributed by atoms with Crippen LogP contribution in [0.25, 0.3) is 0 Å². The number of rotatable bonds is 5. The Kier molecular flexibility index (Phi) is 5.80. The zero-order chi connectivity index (χ0) is 18.9. The van der Waals surface area contributed by atoms with E-state index in [1.54, 1.807) is 44.9 Å². The van der Waals surface area contributed by atoms with Crippen LogP contribution < -0.4 is 0 Å². The van der Waals surface area contributed by atoms with Gasteiger partial charge in [-0.05, 0) is 117 Å². The van der Waals surface area contributed by atoms with E-state index < -0.39 is 0 Å². The third-order valence-corrected chi connectivity index (χ3v) is 9.91. The van der Waals surface area contributed by atoms with Crippen LogP contribution in [0.3, 0.4) is 0 Å². The van der Waals surface area contributed by atoms with Gasteiger partial charge in [0.05, 0.1) is 0 Å². The Balaban J connectivity index is 1.24. The third-order valence-electron chi connectivity index (χ3n) is 9.91. The van der Waals surface area contributed by atoms with Gasteiger partial charge in [0.2, 0.25) is 0 Å². The van der Waals surface area contributed by atoms with E-state index in [2.05, 4.69) is 30.2 Å². The fraction of sp³-hybridized carbons (Fsp3) is 0.815. The van der Waals surface area contributed by atoms with Crippen LogP contribution in [0.4, 0.5) is 0 Å². The Morgan fingerprint density at radius 2 is 1.61 bits per heavy atom. The number of aryl methyl sites for hydroxylation is 1. The number of nitrogens with zero attached hydrogens (tertiary/aromatic N) is 1. The molecule has 0 bridgehead atoms. The normalized spacial score (nSPS) is 41.0. The van der Waals surface area contributed by atoms with E-state index in [1.165, 1.54) is 44.1 Å². The molecule has 4 aliphatic carbocycles. The molecule has 4 fully saturated rings. The summed E-state index contributed by atoms with van der Waals surface area (Å²) in [7, 11) is 0. The van der Waals surface area contributed by atoms with E-state index >= 15 is 0 Å². The molecular formula is C27H41N. The lowest BCUT2D eigenvalue weighted by Gasteiger charge is -2.52. The molecule has 5 rings (SSSR count). The maximum Gasteiger partial charge on any atom is 0.0299 e. The van der Waals surface area contributed by atoms with E-state index in [-0.39, 0.29) is 0 Å². The molecule has 0 saturated heterocycles. The van der Waals surface area contributed by atoms with Crippen LogP contribution in [0, 0.1) is 47.3 Å². The van der Waals surface area contributed by atoms with Gasteiger partial charge in [-0.2, -0.15) is 0 Å². The molecule has 28 heavy (non-hydrogen) atoms. The van der Waals surface area contributed by atoms with Crippen LogP contribution >= 0.6 is 0 Å². The Morgan fingerprint density at radius 1 is 0.857 bits per heavy atom. The van der Waals surface area contributed by atoms with Crippen molar-refractivity contribution < 1.29 is 0 Å². The summed E-state index contributed by atoms with van der Waals surface area (Å²) < 4.78 is 0. The number of fused-ring (bicyclic) bond motifs is 5. The van der Waals surface area contributed by atoms with E-state index in [1.807, 2.05) is 6.20 Å². The Labute approximate surface area is 173 Å². The fourth-order valence-electron chi connectivity index (χ4n) is 8.74. The van der Waals surface area contributed by atoms with Crippen molar-refractivity contribution in [3.8, 4) is 0 Å². The van der Waals surface area contributed by atoms with Gasteiger partial charge in [0, 0.05) is 12.4 Å². The highest BCUT2D eigenvalue weighted by Crippen LogP contribution is 2.60. The largest absolute Gasteiger partial charge is 0.264 e. The molecule has 1 aromatic rings. The summed E-state index contributed by atoms with van der Waals surface area (Å²) in [5, 5.41) is 0. The first kappa shape index (κ1) is 19.1. The van der Waals surface area contributed by atoms with Crippen molar-refractivity contribution in [2.45, 2.75) is 90.4 Å². The smallest absolute Gasteiger partial charge is 0.0299 e. The number of aromatic nitrogens is 1. The van der Waals surface area contributed by atoms with Gasteiger partial charge in [-0.25, -0.2) is 0 Å². The van der Waals surface area contributed by atoms with Crippen LogP contribution in [-0.4, -0.2) is 4.98 Å². The molecule has 1 nitrogen and oxygen atoms in total. The highest BCUT2D eigenvalue weighted by molar-refractivity contribution is 5.09. The van der Waals surface area contributed by atoms with Gasteiger partial charge in [0.25, 0.3) is 0 Å². The zero-order valence-corrected chi connectivity index (χ0v) is 18.1. The number of pyridine rings is 1. The molecule has 154 valence electrons. The quantitative estimate of drug-likeness (QED) is 0.522. The number of hydrogen-bond acceptors (Lipinski definition) is 1. The summed E-state index contributed by atoms with van der Waals surface area (Å²) in [5.41, 5.74) is 1.44. The van der Waals surface area contributed by atoms with Gasteiger partial charge in [-0.1, -0.05) is 38.7 Å².